The van der Waals surface area contributed by atoms with Gasteiger partial charge in [-0.15, -0.1) is 0 Å². The molecule has 2 aromatic heterocycles. The molecule has 4 rings (SSSR count). The Morgan fingerprint density at radius 2 is 1.62 bits per heavy atom. The number of amides is 3. The highest BCUT2D eigenvalue weighted by molar-refractivity contribution is 6.34. The van der Waals surface area contributed by atoms with Crippen molar-refractivity contribution in [2.75, 3.05) is 23.7 Å². The maximum absolute atomic E-state index is 13.7. The van der Waals surface area contributed by atoms with Crippen molar-refractivity contribution in [3.63, 3.8) is 0 Å². The molecule has 0 bridgehead atoms. The Hall–Kier alpha value is -3.87. The Morgan fingerprint density at radius 3 is 2.23 bits per heavy atom. The van der Waals surface area contributed by atoms with Crippen molar-refractivity contribution < 1.29 is 23.9 Å². The van der Waals surface area contributed by atoms with Gasteiger partial charge >= 0.3 is 12.2 Å². The van der Waals surface area contributed by atoms with E-state index >= 15 is 0 Å². The second kappa shape index (κ2) is 10.0. The largest absolute Gasteiger partial charge is 0.444 e. The van der Waals surface area contributed by atoms with Gasteiger partial charge in [0.15, 0.2) is 0 Å². The molecule has 0 atom stereocenters. The van der Waals surface area contributed by atoms with Crippen molar-refractivity contribution in [3.8, 4) is 0 Å². The van der Waals surface area contributed by atoms with Gasteiger partial charge in [-0.3, -0.25) is 19.5 Å². The first kappa shape index (κ1) is 28.1. The zero-order valence-corrected chi connectivity index (χ0v) is 23.4. The van der Waals surface area contributed by atoms with E-state index in [1.54, 1.807) is 46.4 Å². The molecule has 2 aromatic rings. The first-order chi connectivity index (χ1) is 18.1. The van der Waals surface area contributed by atoms with Crippen molar-refractivity contribution >= 4 is 47.0 Å². The Labute approximate surface area is 230 Å². The number of hydrogen-bond donors (Lipinski definition) is 3. The van der Waals surface area contributed by atoms with E-state index in [0.29, 0.717) is 0 Å². The Morgan fingerprint density at radius 1 is 1.00 bits per heavy atom. The first-order valence-corrected chi connectivity index (χ1v) is 12.8. The first-order valence-electron chi connectivity index (χ1n) is 12.4. The number of fused-ring (bicyclic) bond motifs is 2. The Kier molecular flexibility index (Phi) is 7.23. The SMILES string of the molecule is CC(C)(C)OC(=O)Nc1cc(Nc2cc(Cl)c3n(c2=O)C2(CCN(C(=O)OC(C)(C)C)CC2)NC3=O)ncn1. The Bertz CT molecular complexity index is 1370. The summed E-state index contributed by atoms with van der Waals surface area (Å²) < 4.78 is 12.0. The molecular formula is C25H32ClN7O6. The third-order valence-electron chi connectivity index (χ3n) is 5.94. The van der Waals surface area contributed by atoms with Crippen molar-refractivity contribution in [1.82, 2.24) is 24.8 Å². The Balaban J connectivity index is 1.58. The number of pyridine rings is 1. The summed E-state index contributed by atoms with van der Waals surface area (Å²) in [5.41, 5.74) is -2.78. The summed E-state index contributed by atoms with van der Waals surface area (Å²) in [4.78, 5) is 60.9. The van der Waals surface area contributed by atoms with Gasteiger partial charge in [-0.05, 0) is 47.6 Å². The number of nitrogens with one attached hydrogen (secondary N) is 3. The fraction of sp³-hybridized carbons (Fsp3) is 0.520. The van der Waals surface area contributed by atoms with Crippen LogP contribution in [0.4, 0.5) is 26.9 Å². The van der Waals surface area contributed by atoms with Gasteiger partial charge in [0.25, 0.3) is 11.5 Å². The summed E-state index contributed by atoms with van der Waals surface area (Å²) >= 11 is 6.47. The van der Waals surface area contributed by atoms with Crippen LogP contribution in [0.25, 0.3) is 0 Å². The van der Waals surface area contributed by atoms with E-state index in [1.807, 2.05) is 0 Å². The van der Waals surface area contributed by atoms with Crippen LogP contribution in [0.3, 0.4) is 0 Å². The third-order valence-corrected chi connectivity index (χ3v) is 6.23. The number of likely N-dealkylation sites (tertiary alicyclic amines) is 1. The molecule has 0 unspecified atom stereocenters. The van der Waals surface area contributed by atoms with E-state index in [1.165, 1.54) is 23.0 Å². The number of piperidine rings is 1. The van der Waals surface area contributed by atoms with Gasteiger partial charge in [-0.2, -0.15) is 0 Å². The molecule has 39 heavy (non-hydrogen) atoms. The van der Waals surface area contributed by atoms with Crippen molar-refractivity contribution in [3.05, 3.63) is 39.5 Å². The van der Waals surface area contributed by atoms with Crippen molar-refractivity contribution in [2.45, 2.75) is 71.2 Å². The summed E-state index contributed by atoms with van der Waals surface area (Å²) in [6.07, 6.45) is 0.615. The molecule has 210 valence electrons. The summed E-state index contributed by atoms with van der Waals surface area (Å²) in [7, 11) is 0. The molecule has 13 nitrogen and oxygen atoms in total. The summed E-state index contributed by atoms with van der Waals surface area (Å²) in [6.45, 7) is 11.1. The molecule has 4 heterocycles. The molecule has 0 aromatic carbocycles. The van der Waals surface area contributed by atoms with Gasteiger partial charge in [0.1, 0.15) is 46.2 Å². The lowest BCUT2D eigenvalue weighted by Crippen LogP contribution is -2.56. The van der Waals surface area contributed by atoms with Crippen LogP contribution in [-0.4, -0.2) is 61.8 Å². The number of carbonyl (C=O) groups is 3. The highest BCUT2D eigenvalue weighted by Crippen LogP contribution is 2.36. The van der Waals surface area contributed by atoms with Crippen molar-refractivity contribution in [2.24, 2.45) is 0 Å². The van der Waals surface area contributed by atoms with Crippen LogP contribution < -0.4 is 21.5 Å². The molecule has 3 amide bonds. The minimum Gasteiger partial charge on any atom is -0.444 e. The standard InChI is InChI=1S/C25H32ClN7O6/c1-23(2,3)38-21(36)30-17-12-16(27-13-28-17)29-15-11-14(26)18-19(34)31-25(33(18)20(15)35)7-9-32(10-8-25)22(37)39-24(4,5)6/h11-13H,7-10H2,1-6H3,(H,31,34)(H2,27,28,29,30,36). The maximum Gasteiger partial charge on any atom is 0.413 e. The molecule has 1 spiro atoms. The quantitative estimate of drug-likeness (QED) is 0.507. The van der Waals surface area contributed by atoms with E-state index in [4.69, 9.17) is 21.1 Å². The van der Waals surface area contributed by atoms with Gasteiger partial charge in [-0.25, -0.2) is 19.6 Å². The second-order valence-electron chi connectivity index (χ2n) is 11.4. The molecule has 3 N–H and O–H groups in total. The second-order valence-corrected chi connectivity index (χ2v) is 11.8. The smallest absolute Gasteiger partial charge is 0.413 e. The number of aromatic nitrogens is 3. The highest BCUT2D eigenvalue weighted by atomic mass is 35.5. The number of halogens is 1. The topological polar surface area (TPSA) is 157 Å². The fourth-order valence-corrected chi connectivity index (χ4v) is 4.67. The summed E-state index contributed by atoms with van der Waals surface area (Å²) in [5, 5.41) is 8.40. The number of carbonyl (C=O) groups excluding carboxylic acids is 3. The normalized spacial score (nSPS) is 16.4. The van der Waals surface area contributed by atoms with Gasteiger partial charge in [0, 0.05) is 32.0 Å². The number of rotatable bonds is 3. The van der Waals surface area contributed by atoms with Crippen LogP contribution in [0.2, 0.25) is 5.02 Å². The van der Waals surface area contributed by atoms with Crippen LogP contribution in [0.15, 0.2) is 23.3 Å². The molecule has 2 aliphatic rings. The number of nitrogens with zero attached hydrogens (tertiary/aromatic N) is 4. The predicted molar refractivity (Wildman–Crippen MR) is 143 cm³/mol. The average molecular weight is 562 g/mol. The lowest BCUT2D eigenvalue weighted by atomic mass is 9.97. The molecule has 2 aliphatic heterocycles. The van der Waals surface area contributed by atoms with Gasteiger partial charge < -0.3 is 25.0 Å². The van der Waals surface area contributed by atoms with Crippen LogP contribution >= 0.6 is 11.6 Å². The fourth-order valence-electron chi connectivity index (χ4n) is 4.39. The number of hydrogen-bond acceptors (Lipinski definition) is 9. The molecule has 1 fully saturated rings. The van der Waals surface area contributed by atoms with Crippen molar-refractivity contribution in [1.29, 1.82) is 0 Å². The molecule has 0 saturated carbocycles. The van der Waals surface area contributed by atoms with E-state index in [9.17, 15) is 19.2 Å². The van der Waals surface area contributed by atoms with Crippen LogP contribution in [0, 0.1) is 0 Å². The van der Waals surface area contributed by atoms with E-state index in [0.717, 1.165) is 0 Å². The zero-order chi connectivity index (χ0) is 28.8. The lowest BCUT2D eigenvalue weighted by Gasteiger charge is -2.40. The number of ether oxygens (including phenoxy) is 2. The molecule has 0 aliphatic carbocycles. The average Bonchev–Trinajstić information content (AvgIpc) is 3.07. The maximum atomic E-state index is 13.7. The molecular weight excluding hydrogens is 530 g/mol. The van der Waals surface area contributed by atoms with Gasteiger partial charge in [-0.1, -0.05) is 11.6 Å². The number of anilines is 3. The monoisotopic (exact) mass is 561 g/mol. The minimum atomic E-state index is -1.06. The minimum absolute atomic E-state index is 0.0490. The molecule has 14 heteroatoms. The lowest BCUT2D eigenvalue weighted by molar-refractivity contribution is 0.00951. The van der Waals surface area contributed by atoms with E-state index in [-0.39, 0.29) is 54.0 Å². The van der Waals surface area contributed by atoms with E-state index < -0.39 is 40.5 Å². The van der Waals surface area contributed by atoms with Crippen LogP contribution in [0.1, 0.15) is 64.9 Å². The zero-order valence-electron chi connectivity index (χ0n) is 22.7. The predicted octanol–water partition coefficient (Wildman–Crippen LogP) is 3.81. The molecule has 1 saturated heterocycles. The highest BCUT2D eigenvalue weighted by Gasteiger charge is 2.48. The summed E-state index contributed by atoms with van der Waals surface area (Å²) in [6, 6.07) is 2.78. The van der Waals surface area contributed by atoms with E-state index in [2.05, 4.69) is 25.9 Å². The third kappa shape index (κ3) is 6.24. The van der Waals surface area contributed by atoms with Crippen LogP contribution in [0.5, 0.6) is 0 Å². The molecule has 0 radical (unpaired) electrons. The van der Waals surface area contributed by atoms with Gasteiger partial charge in [0.2, 0.25) is 0 Å². The van der Waals surface area contributed by atoms with Crippen LogP contribution in [-0.2, 0) is 15.1 Å². The summed E-state index contributed by atoms with van der Waals surface area (Å²) in [5.74, 6) is -0.118. The van der Waals surface area contributed by atoms with Gasteiger partial charge in [0.05, 0.1) is 5.02 Å².